The Kier molecular flexibility index (Phi) is 10.3. The van der Waals surface area contributed by atoms with Gasteiger partial charge in [-0.1, -0.05) is 32.6 Å². The van der Waals surface area contributed by atoms with Crippen molar-refractivity contribution in [3.63, 3.8) is 0 Å². The molecule has 114 valence electrons. The van der Waals surface area contributed by atoms with Crippen molar-refractivity contribution in [1.82, 2.24) is 0 Å². The van der Waals surface area contributed by atoms with E-state index in [-0.39, 0.29) is 6.42 Å². The number of unbranched alkanes of at least 4 members (excludes halogenated alkanes) is 4. The minimum atomic E-state index is -2.22. The summed E-state index contributed by atoms with van der Waals surface area (Å²) in [5, 5.41) is 9.29. The Balaban J connectivity index is 3.84. The molecule has 0 heterocycles. The fourth-order valence-corrected chi connectivity index (χ4v) is 3.04. The molecule has 0 fully saturated rings. The number of alkyl halides is 2. The topological polar surface area (TPSA) is 37.3 Å². The number of hydrogen-bond donors (Lipinski definition) is 1. The van der Waals surface area contributed by atoms with Crippen LogP contribution in [0.2, 0.25) is 0 Å². The van der Waals surface area contributed by atoms with Crippen LogP contribution in [0.3, 0.4) is 0 Å². The van der Waals surface area contributed by atoms with Crippen molar-refractivity contribution in [1.29, 1.82) is 0 Å². The lowest BCUT2D eigenvalue weighted by molar-refractivity contribution is -0.139. The van der Waals surface area contributed by atoms with Crippen LogP contribution in [-0.4, -0.2) is 28.0 Å². The summed E-state index contributed by atoms with van der Waals surface area (Å²) in [5.41, 5.74) is 0. The molecule has 1 atom stereocenters. The minimum absolute atomic E-state index is 0.0443. The predicted molar refractivity (Wildman–Crippen MR) is 77.1 cm³/mol. The summed E-state index contributed by atoms with van der Waals surface area (Å²) in [7, 11) is 0. The van der Waals surface area contributed by atoms with Gasteiger partial charge in [-0.3, -0.25) is 4.79 Å². The van der Waals surface area contributed by atoms with Gasteiger partial charge in [0.15, 0.2) is 0 Å². The Morgan fingerprint density at radius 2 is 1.89 bits per heavy atom. The number of thioether (sulfide) groups is 1. The summed E-state index contributed by atoms with van der Waals surface area (Å²) in [6, 6.07) is 0. The lowest BCUT2D eigenvalue weighted by Crippen LogP contribution is -2.31. The second kappa shape index (κ2) is 10.5. The fourth-order valence-electron chi connectivity index (χ4n) is 1.83. The SMILES string of the molecule is CCCCCC(C)(SCCCCCC(F)F)C(=O)O. The van der Waals surface area contributed by atoms with Gasteiger partial charge >= 0.3 is 5.97 Å². The van der Waals surface area contributed by atoms with E-state index in [1.807, 2.05) is 0 Å². The number of carboxylic acid groups (broad SMARTS) is 1. The van der Waals surface area contributed by atoms with Crippen LogP contribution in [0.5, 0.6) is 0 Å². The van der Waals surface area contributed by atoms with Gasteiger partial charge in [-0.2, -0.15) is 0 Å². The van der Waals surface area contributed by atoms with Crippen molar-refractivity contribution < 1.29 is 18.7 Å². The van der Waals surface area contributed by atoms with Gasteiger partial charge in [0.2, 0.25) is 6.43 Å². The predicted octanol–water partition coefficient (Wildman–Crippen LogP) is 4.97. The van der Waals surface area contributed by atoms with Crippen LogP contribution in [0.4, 0.5) is 8.78 Å². The Morgan fingerprint density at radius 1 is 1.21 bits per heavy atom. The number of hydrogen-bond acceptors (Lipinski definition) is 2. The molecule has 1 unspecified atom stereocenters. The van der Waals surface area contributed by atoms with Crippen molar-refractivity contribution in [3.05, 3.63) is 0 Å². The van der Waals surface area contributed by atoms with Crippen molar-refractivity contribution in [2.45, 2.75) is 76.4 Å². The summed E-state index contributed by atoms with van der Waals surface area (Å²) < 4.78 is 23.1. The number of aliphatic carboxylic acids is 1. The molecule has 0 aliphatic heterocycles. The maximum Gasteiger partial charge on any atom is 0.319 e. The van der Waals surface area contributed by atoms with Crippen LogP contribution in [-0.2, 0) is 4.79 Å². The lowest BCUT2D eigenvalue weighted by Gasteiger charge is -2.24. The van der Waals surface area contributed by atoms with Crippen LogP contribution in [0.1, 0.15) is 65.2 Å². The third kappa shape index (κ3) is 9.25. The van der Waals surface area contributed by atoms with Gasteiger partial charge in [-0.05, 0) is 31.9 Å². The van der Waals surface area contributed by atoms with Crippen molar-refractivity contribution >= 4 is 17.7 Å². The van der Waals surface area contributed by atoms with E-state index in [2.05, 4.69) is 6.92 Å². The molecule has 0 aliphatic carbocycles. The van der Waals surface area contributed by atoms with Crippen molar-refractivity contribution in [2.24, 2.45) is 0 Å². The Bertz CT molecular complexity index is 250. The maximum atomic E-state index is 11.9. The van der Waals surface area contributed by atoms with Crippen LogP contribution in [0.25, 0.3) is 0 Å². The zero-order valence-electron chi connectivity index (χ0n) is 12.0. The number of carboxylic acids is 1. The van der Waals surface area contributed by atoms with E-state index in [9.17, 15) is 18.7 Å². The quantitative estimate of drug-likeness (QED) is 0.517. The Morgan fingerprint density at radius 3 is 2.42 bits per heavy atom. The van der Waals surface area contributed by atoms with Crippen LogP contribution in [0, 0.1) is 0 Å². The molecule has 1 N–H and O–H groups in total. The van der Waals surface area contributed by atoms with Crippen LogP contribution >= 0.6 is 11.8 Å². The molecule has 0 radical (unpaired) electrons. The molecule has 0 aromatic rings. The van der Waals surface area contributed by atoms with Gasteiger partial charge < -0.3 is 5.11 Å². The minimum Gasteiger partial charge on any atom is -0.480 e. The molecular formula is C14H26F2O2S. The maximum absolute atomic E-state index is 11.9. The third-order valence-corrected chi connectivity index (χ3v) is 4.71. The summed E-state index contributed by atoms with van der Waals surface area (Å²) in [6.07, 6.45) is 3.57. The summed E-state index contributed by atoms with van der Waals surface area (Å²) >= 11 is 1.45. The molecule has 0 aliphatic rings. The van der Waals surface area contributed by atoms with E-state index < -0.39 is 17.1 Å². The first-order chi connectivity index (χ1) is 8.92. The smallest absolute Gasteiger partial charge is 0.319 e. The molecule has 0 rings (SSSR count). The first-order valence-electron chi connectivity index (χ1n) is 7.08. The molecule has 0 spiro atoms. The van der Waals surface area contributed by atoms with Gasteiger partial charge in [0, 0.05) is 6.42 Å². The van der Waals surface area contributed by atoms with Crippen LogP contribution < -0.4 is 0 Å². The zero-order chi connectivity index (χ0) is 14.7. The van der Waals surface area contributed by atoms with Gasteiger partial charge in [0.05, 0.1) is 0 Å². The highest BCUT2D eigenvalue weighted by Gasteiger charge is 2.32. The highest BCUT2D eigenvalue weighted by atomic mass is 32.2. The molecule has 2 nitrogen and oxygen atoms in total. The largest absolute Gasteiger partial charge is 0.480 e. The molecule has 0 saturated carbocycles. The fraction of sp³-hybridized carbons (Fsp3) is 0.929. The van der Waals surface area contributed by atoms with Gasteiger partial charge in [-0.15, -0.1) is 11.8 Å². The van der Waals surface area contributed by atoms with E-state index in [1.54, 1.807) is 6.92 Å². The highest BCUT2D eigenvalue weighted by molar-refractivity contribution is 8.01. The average Bonchev–Trinajstić information content (AvgIpc) is 2.33. The lowest BCUT2D eigenvalue weighted by atomic mass is 10.0. The normalized spacial score (nSPS) is 14.6. The molecule has 0 aromatic carbocycles. The summed E-state index contributed by atoms with van der Waals surface area (Å²) in [6.45, 7) is 3.86. The molecule has 0 aromatic heterocycles. The second-order valence-electron chi connectivity index (χ2n) is 5.08. The monoisotopic (exact) mass is 296 g/mol. The van der Waals surface area contributed by atoms with Gasteiger partial charge in [0.25, 0.3) is 0 Å². The van der Waals surface area contributed by atoms with E-state index in [0.29, 0.717) is 12.8 Å². The van der Waals surface area contributed by atoms with Gasteiger partial charge in [0.1, 0.15) is 4.75 Å². The summed E-state index contributed by atoms with van der Waals surface area (Å²) in [4.78, 5) is 11.3. The molecule has 0 amide bonds. The van der Waals surface area contributed by atoms with Gasteiger partial charge in [-0.25, -0.2) is 8.78 Å². The van der Waals surface area contributed by atoms with E-state index in [4.69, 9.17) is 0 Å². The van der Waals surface area contributed by atoms with E-state index >= 15 is 0 Å². The number of rotatable bonds is 12. The first kappa shape index (κ1) is 18.7. The van der Waals surface area contributed by atoms with Crippen molar-refractivity contribution in [2.75, 3.05) is 5.75 Å². The third-order valence-electron chi connectivity index (χ3n) is 3.20. The second-order valence-corrected chi connectivity index (χ2v) is 6.68. The zero-order valence-corrected chi connectivity index (χ0v) is 12.8. The van der Waals surface area contributed by atoms with Crippen molar-refractivity contribution in [3.8, 4) is 0 Å². The van der Waals surface area contributed by atoms with E-state index in [0.717, 1.165) is 37.9 Å². The summed E-state index contributed by atoms with van der Waals surface area (Å²) in [5.74, 6) is -0.0285. The average molecular weight is 296 g/mol. The highest BCUT2D eigenvalue weighted by Crippen LogP contribution is 2.32. The standard InChI is InChI=1S/C14H26F2O2S/c1-3-4-7-10-14(2,13(17)18)19-11-8-5-6-9-12(15)16/h12H,3-11H2,1-2H3,(H,17,18). The number of carbonyl (C=O) groups is 1. The molecule has 19 heavy (non-hydrogen) atoms. The molecule has 0 bridgehead atoms. The Labute approximate surface area is 119 Å². The number of halogens is 2. The first-order valence-corrected chi connectivity index (χ1v) is 8.06. The van der Waals surface area contributed by atoms with E-state index in [1.165, 1.54) is 11.8 Å². The molecule has 5 heteroatoms. The van der Waals surface area contributed by atoms with Crippen LogP contribution in [0.15, 0.2) is 0 Å². The molecule has 0 saturated heterocycles. The molecular weight excluding hydrogens is 270 g/mol. The Hall–Kier alpha value is -0.320.